The summed E-state index contributed by atoms with van der Waals surface area (Å²) < 4.78 is 13.4. The molecular formula is C29H26FN3S. The van der Waals surface area contributed by atoms with Gasteiger partial charge in [-0.25, -0.2) is 14.4 Å². The molecule has 5 rings (SSSR count). The highest BCUT2D eigenvalue weighted by Crippen LogP contribution is 2.31. The van der Waals surface area contributed by atoms with Gasteiger partial charge in [0.2, 0.25) is 0 Å². The van der Waals surface area contributed by atoms with E-state index in [0.29, 0.717) is 5.82 Å². The molecule has 34 heavy (non-hydrogen) atoms. The van der Waals surface area contributed by atoms with Gasteiger partial charge in [-0.2, -0.15) is 0 Å². The summed E-state index contributed by atoms with van der Waals surface area (Å²) in [4.78, 5) is 11.6. The van der Waals surface area contributed by atoms with Crippen molar-refractivity contribution in [2.75, 3.05) is 11.9 Å². The van der Waals surface area contributed by atoms with Crippen LogP contribution in [0.5, 0.6) is 0 Å². The molecule has 0 bridgehead atoms. The summed E-state index contributed by atoms with van der Waals surface area (Å²) in [6.45, 7) is 4.99. The second kappa shape index (κ2) is 9.74. The number of nitrogens with zero attached hydrogens (tertiary/aromatic N) is 2. The van der Waals surface area contributed by atoms with Gasteiger partial charge in [0.05, 0.1) is 5.39 Å². The Labute approximate surface area is 203 Å². The zero-order valence-corrected chi connectivity index (χ0v) is 20.1. The highest BCUT2D eigenvalue weighted by molar-refractivity contribution is 7.18. The van der Waals surface area contributed by atoms with Gasteiger partial charge in [-0.05, 0) is 73.7 Å². The smallest absolute Gasteiger partial charge is 0.163 e. The SMILES string of the molecule is Cc1ccc(-c2ccc(CCCNc3nc(-c4ccc(F)cc4)nc4sc(C)cc34)cc2)cc1. The first-order chi connectivity index (χ1) is 16.5. The lowest BCUT2D eigenvalue weighted by Crippen LogP contribution is -2.06. The van der Waals surface area contributed by atoms with E-state index in [1.165, 1.54) is 39.3 Å². The van der Waals surface area contributed by atoms with E-state index in [2.05, 4.69) is 73.8 Å². The molecule has 170 valence electrons. The lowest BCUT2D eigenvalue weighted by Gasteiger charge is -2.10. The van der Waals surface area contributed by atoms with E-state index in [0.717, 1.165) is 41.0 Å². The normalized spacial score (nSPS) is 11.1. The van der Waals surface area contributed by atoms with Crippen molar-refractivity contribution in [2.45, 2.75) is 26.7 Å². The third-order valence-corrected chi connectivity index (χ3v) is 6.84. The van der Waals surface area contributed by atoms with Crippen LogP contribution in [-0.2, 0) is 6.42 Å². The first kappa shape index (κ1) is 22.2. The maximum absolute atomic E-state index is 13.4. The first-order valence-electron chi connectivity index (χ1n) is 11.5. The molecular weight excluding hydrogens is 441 g/mol. The topological polar surface area (TPSA) is 37.8 Å². The van der Waals surface area contributed by atoms with Crippen molar-refractivity contribution in [3.8, 4) is 22.5 Å². The number of rotatable bonds is 7. The molecule has 0 fully saturated rings. The number of aromatic nitrogens is 2. The minimum atomic E-state index is -0.262. The standard InChI is InChI=1S/C29H26FN3S/c1-19-5-9-22(10-6-19)23-11-7-21(8-12-23)4-3-17-31-28-26-18-20(2)34-29(26)33-27(32-28)24-13-15-25(30)16-14-24/h5-16,18H,3-4,17H2,1-2H3,(H,31,32,33). The highest BCUT2D eigenvalue weighted by Gasteiger charge is 2.12. The summed E-state index contributed by atoms with van der Waals surface area (Å²) in [6, 6.07) is 25.9. The molecule has 0 aliphatic rings. The van der Waals surface area contributed by atoms with Crippen LogP contribution in [0.3, 0.4) is 0 Å². The Morgan fingerprint density at radius 2 is 1.44 bits per heavy atom. The second-order valence-corrected chi connectivity index (χ2v) is 9.81. The third kappa shape index (κ3) is 5.00. The van der Waals surface area contributed by atoms with Gasteiger partial charge in [-0.3, -0.25) is 0 Å². The van der Waals surface area contributed by atoms with Crippen LogP contribution in [0.15, 0.2) is 78.9 Å². The molecule has 5 aromatic rings. The Morgan fingerprint density at radius 1 is 0.794 bits per heavy atom. The van der Waals surface area contributed by atoms with Crippen molar-refractivity contribution in [1.82, 2.24) is 9.97 Å². The van der Waals surface area contributed by atoms with E-state index in [4.69, 9.17) is 9.97 Å². The fraction of sp³-hybridized carbons (Fsp3) is 0.172. The molecule has 0 radical (unpaired) electrons. The molecule has 0 amide bonds. The Kier molecular flexibility index (Phi) is 6.37. The molecule has 1 N–H and O–H groups in total. The van der Waals surface area contributed by atoms with Gasteiger partial charge in [0.1, 0.15) is 16.5 Å². The molecule has 0 atom stereocenters. The minimum Gasteiger partial charge on any atom is -0.369 e. The van der Waals surface area contributed by atoms with Crippen molar-refractivity contribution < 1.29 is 4.39 Å². The number of hydrogen-bond donors (Lipinski definition) is 1. The fourth-order valence-electron chi connectivity index (χ4n) is 4.01. The van der Waals surface area contributed by atoms with E-state index in [1.807, 2.05) is 0 Å². The van der Waals surface area contributed by atoms with Gasteiger partial charge in [-0.15, -0.1) is 11.3 Å². The van der Waals surface area contributed by atoms with Crippen LogP contribution in [0.2, 0.25) is 0 Å². The Balaban J connectivity index is 1.26. The van der Waals surface area contributed by atoms with Gasteiger partial charge >= 0.3 is 0 Å². The number of fused-ring (bicyclic) bond motifs is 1. The van der Waals surface area contributed by atoms with Crippen LogP contribution >= 0.6 is 11.3 Å². The van der Waals surface area contributed by atoms with E-state index in [1.54, 1.807) is 23.5 Å². The summed E-state index contributed by atoms with van der Waals surface area (Å²) in [5.41, 5.74) is 5.90. The molecule has 0 saturated heterocycles. The highest BCUT2D eigenvalue weighted by atomic mass is 32.1. The predicted octanol–water partition coefficient (Wildman–Crippen LogP) is 7.83. The summed E-state index contributed by atoms with van der Waals surface area (Å²) in [7, 11) is 0. The molecule has 5 heteroatoms. The maximum Gasteiger partial charge on any atom is 0.163 e. The molecule has 3 nitrogen and oxygen atoms in total. The molecule has 3 aromatic carbocycles. The molecule has 0 unspecified atom stereocenters. The number of anilines is 1. The van der Waals surface area contributed by atoms with Crippen LogP contribution < -0.4 is 5.32 Å². The average Bonchev–Trinajstić information content (AvgIpc) is 3.23. The Morgan fingerprint density at radius 3 is 2.15 bits per heavy atom. The van der Waals surface area contributed by atoms with Crippen LogP contribution in [-0.4, -0.2) is 16.5 Å². The summed E-state index contributed by atoms with van der Waals surface area (Å²) in [6.07, 6.45) is 1.98. The minimum absolute atomic E-state index is 0.262. The summed E-state index contributed by atoms with van der Waals surface area (Å²) in [5.74, 6) is 1.19. The molecule has 2 heterocycles. The van der Waals surface area contributed by atoms with Gasteiger partial charge in [0, 0.05) is 17.0 Å². The van der Waals surface area contributed by atoms with Gasteiger partial charge in [0.15, 0.2) is 5.82 Å². The third-order valence-electron chi connectivity index (χ3n) is 5.89. The van der Waals surface area contributed by atoms with E-state index < -0.39 is 0 Å². The molecule has 0 aliphatic heterocycles. The van der Waals surface area contributed by atoms with Crippen molar-refractivity contribution >= 4 is 27.4 Å². The van der Waals surface area contributed by atoms with Gasteiger partial charge in [-0.1, -0.05) is 54.1 Å². The summed E-state index contributed by atoms with van der Waals surface area (Å²) >= 11 is 1.65. The Hall–Kier alpha value is -3.57. The van der Waals surface area contributed by atoms with Crippen molar-refractivity contribution in [3.05, 3.63) is 101 Å². The van der Waals surface area contributed by atoms with Gasteiger partial charge < -0.3 is 5.32 Å². The molecule has 2 aromatic heterocycles. The van der Waals surface area contributed by atoms with E-state index >= 15 is 0 Å². The number of aryl methyl sites for hydroxylation is 3. The zero-order chi connectivity index (χ0) is 23.5. The van der Waals surface area contributed by atoms with Crippen molar-refractivity contribution in [2.24, 2.45) is 0 Å². The fourth-order valence-corrected chi connectivity index (χ4v) is 4.89. The molecule has 0 saturated carbocycles. The quantitative estimate of drug-likeness (QED) is 0.248. The van der Waals surface area contributed by atoms with E-state index in [-0.39, 0.29) is 5.82 Å². The number of hydrogen-bond acceptors (Lipinski definition) is 4. The maximum atomic E-state index is 13.4. The number of thiophene rings is 1. The van der Waals surface area contributed by atoms with Gasteiger partial charge in [0.25, 0.3) is 0 Å². The number of benzene rings is 3. The lowest BCUT2D eigenvalue weighted by atomic mass is 10.0. The predicted molar refractivity (Wildman–Crippen MR) is 141 cm³/mol. The largest absolute Gasteiger partial charge is 0.369 e. The average molecular weight is 468 g/mol. The second-order valence-electron chi connectivity index (χ2n) is 8.57. The first-order valence-corrected chi connectivity index (χ1v) is 12.3. The van der Waals surface area contributed by atoms with Crippen molar-refractivity contribution in [3.63, 3.8) is 0 Å². The molecule has 0 spiro atoms. The number of nitrogens with one attached hydrogen (secondary N) is 1. The van der Waals surface area contributed by atoms with Crippen molar-refractivity contribution in [1.29, 1.82) is 0 Å². The lowest BCUT2D eigenvalue weighted by molar-refractivity contribution is 0.628. The van der Waals surface area contributed by atoms with Crippen LogP contribution in [0.1, 0.15) is 22.4 Å². The monoisotopic (exact) mass is 467 g/mol. The molecule has 0 aliphatic carbocycles. The summed E-state index contributed by atoms with van der Waals surface area (Å²) in [5, 5.41) is 4.55. The van der Waals surface area contributed by atoms with Crippen LogP contribution in [0, 0.1) is 19.7 Å². The zero-order valence-electron chi connectivity index (χ0n) is 19.3. The van der Waals surface area contributed by atoms with E-state index in [9.17, 15) is 4.39 Å². The number of halogens is 1. The van der Waals surface area contributed by atoms with Crippen LogP contribution in [0.4, 0.5) is 10.2 Å². The van der Waals surface area contributed by atoms with Crippen LogP contribution in [0.25, 0.3) is 32.7 Å². The Bertz CT molecular complexity index is 1410.